The van der Waals surface area contributed by atoms with E-state index in [0.29, 0.717) is 56.4 Å². The molecule has 232 valence electrons. The van der Waals surface area contributed by atoms with Crippen LogP contribution in [0.15, 0.2) is 78.0 Å². The zero-order chi connectivity index (χ0) is 31.3. The van der Waals surface area contributed by atoms with Crippen LogP contribution in [-0.4, -0.2) is 79.9 Å². The van der Waals surface area contributed by atoms with Gasteiger partial charge in [0.2, 0.25) is 17.0 Å². The first-order valence-electron chi connectivity index (χ1n) is 15.4. The number of carbonyl (C=O) groups is 2. The molecule has 0 N–H and O–H groups in total. The van der Waals surface area contributed by atoms with Crippen molar-refractivity contribution in [1.82, 2.24) is 29.5 Å². The number of hydrogen-bond acceptors (Lipinski definition) is 7. The van der Waals surface area contributed by atoms with Crippen molar-refractivity contribution in [3.05, 3.63) is 89.5 Å². The summed E-state index contributed by atoms with van der Waals surface area (Å²) in [6, 6.07) is 24.3. The van der Waals surface area contributed by atoms with Crippen molar-refractivity contribution in [1.29, 1.82) is 0 Å². The number of rotatable bonds is 10. The van der Waals surface area contributed by atoms with Crippen molar-refractivity contribution < 1.29 is 14.3 Å². The molecule has 0 aliphatic carbocycles. The quantitative estimate of drug-likeness (QED) is 0.150. The van der Waals surface area contributed by atoms with Crippen LogP contribution < -0.4 is 4.74 Å². The van der Waals surface area contributed by atoms with E-state index < -0.39 is 0 Å². The van der Waals surface area contributed by atoms with Crippen LogP contribution in [0.3, 0.4) is 0 Å². The van der Waals surface area contributed by atoms with E-state index >= 15 is 0 Å². The number of ether oxygens (including phenoxy) is 1. The maximum Gasteiger partial charge on any atom is 0.227 e. The highest BCUT2D eigenvalue weighted by Gasteiger charge is 2.29. The van der Waals surface area contributed by atoms with Crippen molar-refractivity contribution in [3.8, 4) is 5.75 Å². The van der Waals surface area contributed by atoms with E-state index in [-0.39, 0.29) is 17.9 Å². The van der Waals surface area contributed by atoms with Gasteiger partial charge < -0.3 is 19.1 Å². The number of fused-ring (bicyclic) bond motifs is 3. The molecule has 3 heterocycles. The zero-order valence-corrected chi connectivity index (χ0v) is 26.8. The molecule has 1 fully saturated rings. The lowest BCUT2D eigenvalue weighted by Crippen LogP contribution is -2.55. The van der Waals surface area contributed by atoms with E-state index in [1.165, 1.54) is 22.9 Å². The van der Waals surface area contributed by atoms with Crippen LogP contribution in [0.25, 0.3) is 22.1 Å². The number of hydrogen-bond donors (Lipinski definition) is 0. The van der Waals surface area contributed by atoms with Crippen molar-refractivity contribution >= 4 is 45.6 Å². The van der Waals surface area contributed by atoms with Gasteiger partial charge in [-0.1, -0.05) is 65.9 Å². The van der Waals surface area contributed by atoms with Gasteiger partial charge in [0.25, 0.3) is 0 Å². The molecule has 3 aromatic carbocycles. The van der Waals surface area contributed by atoms with Crippen LogP contribution in [0, 0.1) is 6.92 Å². The number of amides is 2. The molecule has 10 heteroatoms. The molecule has 6 rings (SSSR count). The van der Waals surface area contributed by atoms with E-state index in [9.17, 15) is 9.59 Å². The molecule has 0 radical (unpaired) electrons. The first kappa shape index (κ1) is 30.6. The topological polar surface area (TPSA) is 93.5 Å². The fourth-order valence-electron chi connectivity index (χ4n) is 5.96. The van der Waals surface area contributed by atoms with E-state index in [1.807, 2.05) is 59.2 Å². The molecule has 45 heavy (non-hydrogen) atoms. The van der Waals surface area contributed by atoms with Crippen LogP contribution >= 0.6 is 11.8 Å². The Labute approximate surface area is 267 Å². The number of methoxy groups -OCH3 is 1. The number of thioether (sulfide) groups is 1. The lowest BCUT2D eigenvalue weighted by Gasteiger charge is -2.40. The maximum atomic E-state index is 13.1. The van der Waals surface area contributed by atoms with E-state index in [2.05, 4.69) is 52.0 Å². The van der Waals surface area contributed by atoms with Gasteiger partial charge in [-0.3, -0.25) is 9.59 Å². The molecule has 1 saturated heterocycles. The molecule has 1 atom stereocenters. The molecule has 2 aromatic heterocycles. The molecule has 0 bridgehead atoms. The van der Waals surface area contributed by atoms with E-state index in [4.69, 9.17) is 9.72 Å². The number of nitrogens with zero attached hydrogens (tertiary/aromatic N) is 6. The molecular formula is C35H38N6O3S. The third-order valence-electron chi connectivity index (χ3n) is 8.37. The van der Waals surface area contributed by atoms with Gasteiger partial charge in [0.05, 0.1) is 19.0 Å². The number of carbonyl (C=O) groups excluding carboxylic acids is 2. The van der Waals surface area contributed by atoms with Gasteiger partial charge in [-0.15, -0.1) is 10.2 Å². The van der Waals surface area contributed by atoms with Gasteiger partial charge in [0.1, 0.15) is 11.3 Å². The summed E-state index contributed by atoms with van der Waals surface area (Å²) in [6.45, 7) is 6.44. The van der Waals surface area contributed by atoms with Crippen molar-refractivity contribution in [2.75, 3.05) is 32.5 Å². The van der Waals surface area contributed by atoms with Crippen LogP contribution in [0.1, 0.15) is 36.5 Å². The first-order chi connectivity index (χ1) is 21.9. The number of aryl methyl sites for hydroxylation is 1. The van der Waals surface area contributed by atoms with Gasteiger partial charge in [-0.2, -0.15) is 0 Å². The van der Waals surface area contributed by atoms with Crippen molar-refractivity contribution in [2.24, 2.45) is 0 Å². The number of aromatic nitrogens is 4. The molecule has 2 amide bonds. The SMILES string of the molecule is COc1ccc(CC(=O)N2CCN(C(=O)CCCSc3nnc4c5cc(C)ccc5n(Cc5ccccc5)c4n3)CC2C)cc1. The Hall–Kier alpha value is -4.44. The van der Waals surface area contributed by atoms with Crippen LogP contribution in [0.4, 0.5) is 0 Å². The monoisotopic (exact) mass is 622 g/mol. The molecule has 0 saturated carbocycles. The highest BCUT2D eigenvalue weighted by Crippen LogP contribution is 2.29. The summed E-state index contributed by atoms with van der Waals surface area (Å²) in [6.07, 6.45) is 1.50. The Bertz CT molecular complexity index is 1810. The lowest BCUT2D eigenvalue weighted by atomic mass is 10.1. The lowest BCUT2D eigenvalue weighted by molar-refractivity contribution is -0.142. The molecule has 1 aliphatic rings. The summed E-state index contributed by atoms with van der Waals surface area (Å²) in [7, 11) is 1.63. The maximum absolute atomic E-state index is 13.1. The molecule has 1 unspecified atom stereocenters. The molecule has 0 spiro atoms. The molecular weight excluding hydrogens is 584 g/mol. The second kappa shape index (κ2) is 13.7. The average Bonchev–Trinajstić information content (AvgIpc) is 3.35. The summed E-state index contributed by atoms with van der Waals surface area (Å²) in [5.74, 6) is 1.69. The predicted octanol–water partition coefficient (Wildman–Crippen LogP) is 5.52. The summed E-state index contributed by atoms with van der Waals surface area (Å²) in [5, 5.41) is 10.7. The fourth-order valence-corrected chi connectivity index (χ4v) is 6.68. The fraction of sp³-hybridized carbons (Fsp3) is 0.343. The first-order valence-corrected chi connectivity index (χ1v) is 16.4. The predicted molar refractivity (Wildman–Crippen MR) is 178 cm³/mol. The highest BCUT2D eigenvalue weighted by molar-refractivity contribution is 7.99. The summed E-state index contributed by atoms with van der Waals surface area (Å²) >= 11 is 1.53. The Morgan fingerprint density at radius 1 is 0.956 bits per heavy atom. The summed E-state index contributed by atoms with van der Waals surface area (Å²) in [4.78, 5) is 34.8. The van der Waals surface area contributed by atoms with Gasteiger partial charge in [0.15, 0.2) is 5.65 Å². The van der Waals surface area contributed by atoms with Crippen molar-refractivity contribution in [2.45, 2.75) is 50.9 Å². The van der Waals surface area contributed by atoms with Gasteiger partial charge >= 0.3 is 0 Å². The van der Waals surface area contributed by atoms with Crippen LogP contribution in [0.5, 0.6) is 5.75 Å². The second-order valence-electron chi connectivity index (χ2n) is 11.6. The minimum absolute atomic E-state index is 0.0274. The number of benzene rings is 3. The standard InChI is InChI=1S/C35H38N6O3S/c1-24-11-16-30-29(20-24)33-34(41(30)23-27-8-5-4-6-9-27)36-35(38-37-33)45-19-7-10-31(42)39-17-18-40(25(2)22-39)32(43)21-26-12-14-28(44-3)15-13-26/h4-6,8-9,11-16,20,25H,7,10,17-19,21-23H2,1-3H3. The van der Waals surface area contributed by atoms with Gasteiger partial charge in [-0.05, 0) is 55.7 Å². The summed E-state index contributed by atoms with van der Waals surface area (Å²) < 4.78 is 7.42. The van der Waals surface area contributed by atoms with Crippen LogP contribution in [-0.2, 0) is 22.6 Å². The third-order valence-corrected chi connectivity index (χ3v) is 9.29. The van der Waals surface area contributed by atoms with E-state index in [0.717, 1.165) is 33.4 Å². The van der Waals surface area contributed by atoms with Gasteiger partial charge in [-0.25, -0.2) is 4.98 Å². The van der Waals surface area contributed by atoms with E-state index in [1.54, 1.807) is 7.11 Å². The Morgan fingerprint density at radius 2 is 1.76 bits per heavy atom. The minimum atomic E-state index is -0.0274. The second-order valence-corrected chi connectivity index (χ2v) is 12.7. The largest absolute Gasteiger partial charge is 0.497 e. The molecule has 1 aliphatic heterocycles. The third kappa shape index (κ3) is 6.96. The molecule has 9 nitrogen and oxygen atoms in total. The molecule has 5 aromatic rings. The normalized spacial score (nSPS) is 15.1. The van der Waals surface area contributed by atoms with Crippen molar-refractivity contribution in [3.63, 3.8) is 0 Å². The van der Waals surface area contributed by atoms with Crippen LogP contribution in [0.2, 0.25) is 0 Å². The Morgan fingerprint density at radius 3 is 2.51 bits per heavy atom. The number of piperazine rings is 1. The van der Waals surface area contributed by atoms with Gasteiger partial charge in [0, 0.05) is 49.8 Å². The minimum Gasteiger partial charge on any atom is -0.497 e. The smallest absolute Gasteiger partial charge is 0.227 e. The summed E-state index contributed by atoms with van der Waals surface area (Å²) in [5.41, 5.74) is 6.03. The Balaban J connectivity index is 1.03. The average molecular weight is 623 g/mol. The highest BCUT2D eigenvalue weighted by atomic mass is 32.2. The zero-order valence-electron chi connectivity index (χ0n) is 26.0. The Kier molecular flexibility index (Phi) is 9.30.